The van der Waals surface area contributed by atoms with E-state index in [0.717, 1.165) is 5.92 Å². The molecule has 0 bridgehead atoms. The minimum Gasteiger partial charge on any atom is -0.0651 e. The van der Waals surface area contributed by atoms with Gasteiger partial charge in [-0.2, -0.15) is 0 Å². The minimum atomic E-state index is 0.406. The fraction of sp³-hybridized carbons (Fsp3) is 0.900. The van der Waals surface area contributed by atoms with Crippen LogP contribution in [0.2, 0.25) is 0 Å². The van der Waals surface area contributed by atoms with E-state index in [0.29, 0.717) is 5.41 Å². The molecule has 0 aliphatic heterocycles. The summed E-state index contributed by atoms with van der Waals surface area (Å²) in [6.45, 7) is 11.3. The first-order valence-electron chi connectivity index (χ1n) is 4.30. The van der Waals surface area contributed by atoms with Crippen LogP contribution in [0.3, 0.4) is 0 Å². The second kappa shape index (κ2) is 4.00. The molecular formula is C10H21. The predicted octanol–water partition coefficient (Wildman–Crippen LogP) is 3.67. The molecule has 0 aromatic carbocycles. The molecule has 0 fully saturated rings. The van der Waals surface area contributed by atoms with E-state index >= 15 is 0 Å². The highest BCUT2D eigenvalue weighted by atomic mass is 14.2. The summed E-state index contributed by atoms with van der Waals surface area (Å²) in [4.78, 5) is 0. The topological polar surface area (TPSA) is 0 Å². The summed E-state index contributed by atoms with van der Waals surface area (Å²) in [5, 5.41) is 0. The molecule has 61 valence electrons. The fourth-order valence-electron chi connectivity index (χ4n) is 0.721. The average molecular weight is 141 g/mol. The summed E-state index contributed by atoms with van der Waals surface area (Å²) in [7, 11) is 0. The smallest absolute Gasteiger partial charge is 0.0329 e. The Kier molecular flexibility index (Phi) is 4.00. The van der Waals surface area contributed by atoms with Crippen molar-refractivity contribution in [3.63, 3.8) is 0 Å². The van der Waals surface area contributed by atoms with E-state index in [1.54, 1.807) is 0 Å². The Bertz CT molecular complexity index is 76.5. The van der Waals surface area contributed by atoms with Crippen LogP contribution in [0.5, 0.6) is 0 Å². The molecule has 0 nitrogen and oxygen atoms in total. The van der Waals surface area contributed by atoms with Gasteiger partial charge in [0.05, 0.1) is 0 Å². The first-order valence-corrected chi connectivity index (χ1v) is 4.30. The molecule has 0 saturated carbocycles. The lowest BCUT2D eigenvalue weighted by Gasteiger charge is -2.19. The molecule has 0 aromatic rings. The van der Waals surface area contributed by atoms with Gasteiger partial charge >= 0.3 is 0 Å². The lowest BCUT2D eigenvalue weighted by Crippen LogP contribution is -2.08. The summed E-state index contributed by atoms with van der Waals surface area (Å²) in [5.41, 5.74) is 0.406. The summed E-state index contributed by atoms with van der Waals surface area (Å²) >= 11 is 0. The fourth-order valence-corrected chi connectivity index (χ4v) is 0.721. The highest BCUT2D eigenvalue weighted by Gasteiger charge is 2.11. The van der Waals surface area contributed by atoms with Crippen molar-refractivity contribution < 1.29 is 0 Å². The second-order valence-electron chi connectivity index (χ2n) is 4.32. The van der Waals surface area contributed by atoms with Crippen molar-refractivity contribution in [2.75, 3.05) is 0 Å². The third-order valence-corrected chi connectivity index (χ3v) is 1.83. The van der Waals surface area contributed by atoms with Gasteiger partial charge in [0.25, 0.3) is 0 Å². The molecule has 1 radical (unpaired) electrons. The zero-order valence-corrected chi connectivity index (χ0v) is 8.07. The number of hydrogen-bond acceptors (Lipinski definition) is 0. The Morgan fingerprint density at radius 1 is 1.30 bits per heavy atom. The van der Waals surface area contributed by atoms with E-state index < -0.39 is 0 Å². The molecule has 0 amide bonds. The molecule has 10 heavy (non-hydrogen) atoms. The van der Waals surface area contributed by atoms with Crippen molar-refractivity contribution in [1.82, 2.24) is 0 Å². The monoisotopic (exact) mass is 141 g/mol. The SMILES string of the molecule is CCC(C)C[CH]C(C)(C)C. The molecule has 0 aliphatic carbocycles. The van der Waals surface area contributed by atoms with E-state index in [1.165, 1.54) is 12.8 Å². The van der Waals surface area contributed by atoms with Crippen molar-refractivity contribution in [1.29, 1.82) is 0 Å². The first kappa shape index (κ1) is 10.0. The lowest BCUT2D eigenvalue weighted by molar-refractivity contribution is 0.427. The van der Waals surface area contributed by atoms with Crippen molar-refractivity contribution >= 4 is 0 Å². The highest BCUT2D eigenvalue weighted by Crippen LogP contribution is 2.23. The van der Waals surface area contributed by atoms with Crippen LogP contribution < -0.4 is 0 Å². The average Bonchev–Trinajstić information content (AvgIpc) is 1.81. The van der Waals surface area contributed by atoms with Gasteiger partial charge in [-0.15, -0.1) is 0 Å². The standard InChI is InChI=1S/C10H21/c1-6-9(2)7-8-10(3,4)5/h8-9H,6-7H2,1-5H3. The minimum absolute atomic E-state index is 0.406. The van der Waals surface area contributed by atoms with Gasteiger partial charge in [-0.3, -0.25) is 0 Å². The van der Waals surface area contributed by atoms with Crippen LogP contribution in [0.1, 0.15) is 47.5 Å². The van der Waals surface area contributed by atoms with Gasteiger partial charge in [-0.05, 0) is 24.2 Å². The molecule has 0 heteroatoms. The van der Waals surface area contributed by atoms with Crippen molar-refractivity contribution in [3.05, 3.63) is 6.42 Å². The van der Waals surface area contributed by atoms with E-state index in [2.05, 4.69) is 41.0 Å². The zero-order chi connectivity index (χ0) is 8.20. The second-order valence-corrected chi connectivity index (χ2v) is 4.32. The largest absolute Gasteiger partial charge is 0.0651 e. The van der Waals surface area contributed by atoms with E-state index in [-0.39, 0.29) is 0 Å². The Morgan fingerprint density at radius 2 is 1.80 bits per heavy atom. The van der Waals surface area contributed by atoms with Crippen LogP contribution in [0, 0.1) is 17.8 Å². The third kappa shape index (κ3) is 6.12. The van der Waals surface area contributed by atoms with Crippen LogP contribution in [-0.2, 0) is 0 Å². The Hall–Kier alpha value is 0. The first-order chi connectivity index (χ1) is 4.45. The van der Waals surface area contributed by atoms with Gasteiger partial charge < -0.3 is 0 Å². The predicted molar refractivity (Wildman–Crippen MR) is 47.8 cm³/mol. The maximum atomic E-state index is 2.42. The Labute approximate surface area is 66.0 Å². The van der Waals surface area contributed by atoms with Crippen molar-refractivity contribution in [2.45, 2.75) is 47.5 Å². The molecule has 0 aromatic heterocycles. The van der Waals surface area contributed by atoms with E-state index in [9.17, 15) is 0 Å². The van der Waals surface area contributed by atoms with Crippen LogP contribution in [0.25, 0.3) is 0 Å². The molecule has 0 spiro atoms. The Balaban J connectivity index is 3.36. The van der Waals surface area contributed by atoms with Crippen LogP contribution in [0.4, 0.5) is 0 Å². The van der Waals surface area contributed by atoms with Gasteiger partial charge in [0.15, 0.2) is 0 Å². The zero-order valence-electron chi connectivity index (χ0n) is 8.07. The van der Waals surface area contributed by atoms with Crippen LogP contribution >= 0.6 is 0 Å². The van der Waals surface area contributed by atoms with Gasteiger partial charge in [-0.1, -0.05) is 41.0 Å². The molecule has 1 unspecified atom stereocenters. The number of hydrogen-bond donors (Lipinski definition) is 0. The molecule has 0 saturated heterocycles. The normalized spacial score (nSPS) is 15.3. The molecule has 1 atom stereocenters. The Morgan fingerprint density at radius 3 is 2.10 bits per heavy atom. The van der Waals surface area contributed by atoms with E-state index in [1.807, 2.05) is 0 Å². The molecule has 0 aliphatic rings. The highest BCUT2D eigenvalue weighted by molar-refractivity contribution is 4.81. The van der Waals surface area contributed by atoms with Crippen LogP contribution in [-0.4, -0.2) is 0 Å². The maximum absolute atomic E-state index is 2.42. The molecule has 0 rings (SSSR count). The maximum Gasteiger partial charge on any atom is -0.0329 e. The number of rotatable bonds is 3. The van der Waals surface area contributed by atoms with E-state index in [4.69, 9.17) is 0 Å². The molecular weight excluding hydrogens is 120 g/mol. The third-order valence-electron chi connectivity index (χ3n) is 1.83. The quantitative estimate of drug-likeness (QED) is 0.562. The van der Waals surface area contributed by atoms with Gasteiger partial charge in [0.1, 0.15) is 0 Å². The summed E-state index contributed by atoms with van der Waals surface area (Å²) in [5.74, 6) is 0.860. The summed E-state index contributed by atoms with van der Waals surface area (Å²) in [6.07, 6.45) is 4.98. The lowest BCUT2D eigenvalue weighted by atomic mass is 9.86. The van der Waals surface area contributed by atoms with Crippen molar-refractivity contribution in [2.24, 2.45) is 11.3 Å². The van der Waals surface area contributed by atoms with Crippen LogP contribution in [0.15, 0.2) is 0 Å². The summed E-state index contributed by atoms with van der Waals surface area (Å²) in [6, 6.07) is 0. The summed E-state index contributed by atoms with van der Waals surface area (Å²) < 4.78 is 0. The van der Waals surface area contributed by atoms with Gasteiger partial charge in [0, 0.05) is 0 Å². The molecule has 0 N–H and O–H groups in total. The van der Waals surface area contributed by atoms with Crippen molar-refractivity contribution in [3.8, 4) is 0 Å². The van der Waals surface area contributed by atoms with Gasteiger partial charge in [-0.25, -0.2) is 0 Å². The van der Waals surface area contributed by atoms with Gasteiger partial charge in [0.2, 0.25) is 0 Å². The molecule has 0 heterocycles.